The van der Waals surface area contributed by atoms with E-state index in [1.165, 1.54) is 19.1 Å². The molecule has 29 heavy (non-hydrogen) atoms. The van der Waals surface area contributed by atoms with Crippen LogP contribution in [0.5, 0.6) is 0 Å². The van der Waals surface area contributed by atoms with Crippen molar-refractivity contribution in [3.8, 4) is 0 Å². The first kappa shape index (κ1) is 21.3. The molecule has 0 N–H and O–H groups in total. The van der Waals surface area contributed by atoms with E-state index in [1.807, 2.05) is 11.0 Å². The van der Waals surface area contributed by atoms with Gasteiger partial charge in [-0.2, -0.15) is 0 Å². The molecule has 2 heterocycles. The summed E-state index contributed by atoms with van der Waals surface area (Å²) in [6.07, 6.45) is 10.5. The Morgan fingerprint density at radius 1 is 1.21 bits per heavy atom. The number of piperidine rings is 1. The third-order valence-corrected chi connectivity index (χ3v) is 6.29. The fourth-order valence-corrected chi connectivity index (χ4v) is 4.46. The molecule has 0 unspecified atom stereocenters. The van der Waals surface area contributed by atoms with Crippen LogP contribution in [0.15, 0.2) is 59.8 Å². The lowest BCUT2D eigenvalue weighted by molar-refractivity contribution is -0.138. The Balaban J connectivity index is 1.46. The molecule has 0 atom stereocenters. The zero-order valence-electron chi connectivity index (χ0n) is 17.6. The lowest BCUT2D eigenvalue weighted by atomic mass is 9.77. The lowest BCUT2D eigenvalue weighted by Crippen LogP contribution is -2.45. The first-order valence-electron chi connectivity index (χ1n) is 10.6. The smallest absolute Gasteiger partial charge is 0.229 e. The molecule has 2 saturated heterocycles. The highest BCUT2D eigenvalue weighted by atomic mass is 16.6. The first-order chi connectivity index (χ1) is 14.2. The molecule has 0 aromatic heterocycles. The summed E-state index contributed by atoms with van der Waals surface area (Å²) in [5.74, 6) is 0.317. The average molecular weight is 396 g/mol. The minimum Gasteiger partial charge on any atom is -0.399 e. The molecule has 5 nitrogen and oxygen atoms in total. The van der Waals surface area contributed by atoms with Crippen LogP contribution < -0.4 is 0 Å². The predicted molar refractivity (Wildman–Crippen MR) is 118 cm³/mol. The van der Waals surface area contributed by atoms with Crippen molar-refractivity contribution < 1.29 is 9.63 Å². The number of amides is 1. The van der Waals surface area contributed by atoms with Gasteiger partial charge in [-0.25, -0.2) is 0 Å². The molecular weight excluding hydrogens is 362 g/mol. The van der Waals surface area contributed by atoms with Crippen molar-refractivity contribution in [1.82, 2.24) is 9.80 Å². The minimum atomic E-state index is -0.150. The summed E-state index contributed by atoms with van der Waals surface area (Å²) in [6.45, 7) is 8.46. The molecule has 0 saturated carbocycles. The monoisotopic (exact) mass is 395 g/mol. The van der Waals surface area contributed by atoms with Crippen molar-refractivity contribution in [2.75, 3.05) is 39.8 Å². The van der Waals surface area contributed by atoms with Crippen LogP contribution in [-0.2, 0) is 16.1 Å². The van der Waals surface area contributed by atoms with E-state index in [4.69, 9.17) is 0 Å². The summed E-state index contributed by atoms with van der Waals surface area (Å²) in [5, 5.41) is 3.73. The van der Waals surface area contributed by atoms with Gasteiger partial charge in [-0.1, -0.05) is 48.1 Å². The van der Waals surface area contributed by atoms with Crippen LogP contribution in [0.2, 0.25) is 0 Å². The van der Waals surface area contributed by atoms with E-state index in [2.05, 4.69) is 51.8 Å². The number of nitrogens with zero attached hydrogens (tertiary/aromatic N) is 3. The fourth-order valence-electron chi connectivity index (χ4n) is 4.46. The van der Waals surface area contributed by atoms with Crippen molar-refractivity contribution >= 4 is 12.1 Å². The molecule has 1 aromatic rings. The molecule has 2 aliphatic heterocycles. The van der Waals surface area contributed by atoms with Crippen LogP contribution in [0.3, 0.4) is 0 Å². The third kappa shape index (κ3) is 5.57. The summed E-state index contributed by atoms with van der Waals surface area (Å²) >= 11 is 0. The fraction of sp³-hybridized carbons (Fsp3) is 0.500. The van der Waals surface area contributed by atoms with E-state index in [0.717, 1.165) is 57.4 Å². The number of carbonyl (C=O) groups excluding carboxylic acids is 1. The van der Waals surface area contributed by atoms with Gasteiger partial charge in [0.25, 0.3) is 0 Å². The zero-order valence-corrected chi connectivity index (χ0v) is 17.6. The van der Waals surface area contributed by atoms with Crippen LogP contribution in [0.25, 0.3) is 0 Å². The van der Waals surface area contributed by atoms with Gasteiger partial charge in [-0.05, 0) is 69.0 Å². The molecule has 0 bridgehead atoms. The number of likely N-dealkylation sites (tertiary alicyclic amines) is 2. The van der Waals surface area contributed by atoms with Crippen LogP contribution in [-0.4, -0.2) is 61.8 Å². The van der Waals surface area contributed by atoms with Crippen LogP contribution in [0.4, 0.5) is 0 Å². The third-order valence-electron chi connectivity index (χ3n) is 6.29. The van der Waals surface area contributed by atoms with Gasteiger partial charge in [0.2, 0.25) is 5.91 Å². The second-order valence-electron chi connectivity index (χ2n) is 8.07. The number of hydrogen-bond donors (Lipinski definition) is 0. The maximum atomic E-state index is 13.2. The van der Waals surface area contributed by atoms with E-state index >= 15 is 0 Å². The summed E-state index contributed by atoms with van der Waals surface area (Å²) < 4.78 is 0. The van der Waals surface area contributed by atoms with Gasteiger partial charge >= 0.3 is 0 Å². The molecule has 2 aliphatic rings. The topological polar surface area (TPSA) is 45.1 Å². The summed E-state index contributed by atoms with van der Waals surface area (Å²) in [5.41, 5.74) is 2.24. The van der Waals surface area contributed by atoms with Crippen molar-refractivity contribution in [3.05, 3.63) is 60.2 Å². The number of allylic oxidation sites excluding steroid dienone is 1. The van der Waals surface area contributed by atoms with E-state index in [-0.39, 0.29) is 5.41 Å². The van der Waals surface area contributed by atoms with E-state index in [9.17, 15) is 4.79 Å². The van der Waals surface area contributed by atoms with Crippen molar-refractivity contribution in [2.45, 2.75) is 32.1 Å². The second kappa shape index (κ2) is 10.4. The highest BCUT2D eigenvalue weighted by Crippen LogP contribution is 2.41. The minimum absolute atomic E-state index is 0.150. The summed E-state index contributed by atoms with van der Waals surface area (Å²) in [4.78, 5) is 22.4. The largest absolute Gasteiger partial charge is 0.399 e. The van der Waals surface area contributed by atoms with Crippen LogP contribution >= 0.6 is 0 Å². The maximum absolute atomic E-state index is 13.2. The number of benzene rings is 1. The first-order valence-corrected chi connectivity index (χ1v) is 10.6. The molecule has 0 radical (unpaired) electrons. The number of aryl methyl sites for hydroxylation is 1. The predicted octanol–water partition coefficient (Wildman–Crippen LogP) is 3.68. The molecule has 156 valence electrons. The second-order valence-corrected chi connectivity index (χ2v) is 8.07. The Morgan fingerprint density at radius 3 is 2.62 bits per heavy atom. The Labute approximate surface area is 174 Å². The van der Waals surface area contributed by atoms with Crippen LogP contribution in [0.1, 0.15) is 31.2 Å². The van der Waals surface area contributed by atoms with Crippen molar-refractivity contribution in [1.29, 1.82) is 0 Å². The number of hydrogen-bond acceptors (Lipinski definition) is 4. The molecule has 3 rings (SSSR count). The van der Waals surface area contributed by atoms with Gasteiger partial charge in [-0.3, -0.25) is 4.79 Å². The molecule has 5 heteroatoms. The molecule has 1 aromatic carbocycles. The van der Waals surface area contributed by atoms with Gasteiger partial charge < -0.3 is 14.6 Å². The molecule has 2 fully saturated rings. The summed E-state index contributed by atoms with van der Waals surface area (Å²) in [6, 6.07) is 10.7. The summed E-state index contributed by atoms with van der Waals surface area (Å²) in [7, 11) is 1.51. The van der Waals surface area contributed by atoms with Crippen molar-refractivity contribution in [3.63, 3.8) is 0 Å². The standard InChI is InChI=1S/C24H33N3O2/c1-3-21(11-15-25-29-2)20-27-19-14-24(23(27)28)12-17-26(18-13-24)16-7-10-22-8-5-4-6-9-22/h3-6,8-9,11,15H,1,7,10,12-14,16-20H2,2H3/b21-11+,25-15+. The molecule has 1 amide bonds. The zero-order chi connectivity index (χ0) is 20.5. The van der Waals surface area contributed by atoms with E-state index in [0.29, 0.717) is 12.5 Å². The molecular formula is C24H33N3O2. The maximum Gasteiger partial charge on any atom is 0.229 e. The Hall–Kier alpha value is -2.40. The van der Waals surface area contributed by atoms with E-state index < -0.39 is 0 Å². The van der Waals surface area contributed by atoms with Gasteiger partial charge in [0, 0.05) is 13.1 Å². The average Bonchev–Trinajstić information content (AvgIpc) is 3.05. The molecule has 1 spiro atoms. The van der Waals surface area contributed by atoms with Crippen molar-refractivity contribution in [2.24, 2.45) is 10.6 Å². The number of rotatable bonds is 9. The highest BCUT2D eigenvalue weighted by molar-refractivity contribution is 5.85. The Morgan fingerprint density at radius 2 is 1.93 bits per heavy atom. The van der Waals surface area contributed by atoms with Gasteiger partial charge in [0.1, 0.15) is 7.11 Å². The normalized spacial score (nSPS) is 20.0. The lowest BCUT2D eigenvalue weighted by Gasteiger charge is -2.38. The SMILES string of the molecule is C=C/C(=C\C=N\OC)CN1CCC2(CCN(CCCc3ccccc3)CC2)C1=O. The van der Waals surface area contributed by atoms with Gasteiger partial charge in [0.05, 0.1) is 11.6 Å². The van der Waals surface area contributed by atoms with E-state index in [1.54, 1.807) is 12.3 Å². The number of carbonyl (C=O) groups is 1. The molecule has 0 aliphatic carbocycles. The quantitative estimate of drug-likeness (QED) is 0.364. The highest BCUT2D eigenvalue weighted by Gasteiger charge is 2.47. The van der Waals surface area contributed by atoms with Gasteiger partial charge in [-0.15, -0.1) is 0 Å². The Bertz CT molecular complexity index is 734. The van der Waals surface area contributed by atoms with Crippen LogP contribution in [0, 0.1) is 5.41 Å². The number of oxime groups is 1. The van der Waals surface area contributed by atoms with Gasteiger partial charge in [0.15, 0.2) is 0 Å². The Kier molecular flexibility index (Phi) is 7.64.